The molecule has 0 fully saturated rings. The molecule has 2 aromatic rings. The fraction of sp³-hybridized carbons (Fsp3) is 0.231. The van der Waals surface area contributed by atoms with Crippen LogP contribution in [0.5, 0.6) is 0 Å². The van der Waals surface area contributed by atoms with Crippen molar-refractivity contribution in [3.05, 3.63) is 52.9 Å². The molecule has 5 heteroatoms. The molecule has 0 bridgehead atoms. The predicted octanol–water partition coefficient (Wildman–Crippen LogP) is 2.89. The Bertz CT molecular complexity index is 485. The fourth-order valence-corrected chi connectivity index (χ4v) is 1.54. The minimum Gasteiger partial charge on any atom is -0.372 e. The van der Waals surface area contributed by atoms with Crippen LogP contribution >= 0.6 is 11.6 Å². The molecule has 0 aliphatic heterocycles. The lowest BCUT2D eigenvalue weighted by atomic mass is 10.2. The quantitative estimate of drug-likeness (QED) is 0.901. The first-order valence-corrected chi connectivity index (χ1v) is 5.96. The Morgan fingerprint density at radius 1 is 1.11 bits per heavy atom. The Hall–Kier alpha value is -1.65. The number of hydrogen-bond donors (Lipinski definition) is 1. The maximum Gasteiger partial charge on any atom is 0.144 e. The summed E-state index contributed by atoms with van der Waals surface area (Å²) in [7, 11) is 1.81. The summed E-state index contributed by atoms with van der Waals surface area (Å²) in [4.78, 5) is 8.39. The van der Waals surface area contributed by atoms with Crippen molar-refractivity contribution in [3.63, 3.8) is 0 Å². The molecule has 94 valence electrons. The molecule has 0 spiro atoms. The van der Waals surface area contributed by atoms with Crippen molar-refractivity contribution in [1.82, 2.24) is 9.97 Å². The van der Waals surface area contributed by atoms with Crippen LogP contribution in [0.25, 0.3) is 0 Å². The minimum atomic E-state index is 0.444. The van der Waals surface area contributed by atoms with E-state index in [0.29, 0.717) is 13.2 Å². The molecule has 1 aromatic heterocycles. The normalized spacial score (nSPS) is 10.3. The molecule has 1 heterocycles. The molecule has 1 N–H and O–H groups in total. The van der Waals surface area contributed by atoms with Crippen LogP contribution in [0.4, 0.5) is 5.82 Å². The third kappa shape index (κ3) is 3.68. The Balaban J connectivity index is 1.82. The van der Waals surface area contributed by atoms with Gasteiger partial charge in [-0.1, -0.05) is 23.7 Å². The van der Waals surface area contributed by atoms with Crippen molar-refractivity contribution in [2.45, 2.75) is 13.2 Å². The molecule has 0 aliphatic carbocycles. The van der Waals surface area contributed by atoms with E-state index in [1.807, 2.05) is 24.3 Å². The first-order valence-electron chi connectivity index (χ1n) is 5.59. The van der Waals surface area contributed by atoms with Crippen LogP contribution in [0.2, 0.25) is 5.02 Å². The zero-order valence-electron chi connectivity index (χ0n) is 10.1. The van der Waals surface area contributed by atoms with E-state index in [9.17, 15) is 0 Å². The lowest BCUT2D eigenvalue weighted by Crippen LogP contribution is -1.99. The van der Waals surface area contributed by atoms with Crippen molar-refractivity contribution in [2.75, 3.05) is 12.4 Å². The van der Waals surface area contributed by atoms with Gasteiger partial charge in [-0.25, -0.2) is 4.98 Å². The number of halogens is 1. The molecule has 4 nitrogen and oxygen atoms in total. The second kappa shape index (κ2) is 6.33. The SMILES string of the molecule is CNc1cnc(COCc2ccc(Cl)cc2)cn1. The largest absolute Gasteiger partial charge is 0.372 e. The zero-order chi connectivity index (χ0) is 12.8. The van der Waals surface area contributed by atoms with E-state index in [2.05, 4.69) is 15.3 Å². The van der Waals surface area contributed by atoms with Gasteiger partial charge in [0, 0.05) is 12.1 Å². The molecule has 2 rings (SSSR count). The van der Waals surface area contributed by atoms with Crippen molar-refractivity contribution in [3.8, 4) is 0 Å². The lowest BCUT2D eigenvalue weighted by molar-refractivity contribution is 0.104. The molecule has 18 heavy (non-hydrogen) atoms. The summed E-state index contributed by atoms with van der Waals surface area (Å²) in [5.74, 6) is 0.747. The second-order valence-corrected chi connectivity index (χ2v) is 4.20. The monoisotopic (exact) mass is 263 g/mol. The molecular weight excluding hydrogens is 250 g/mol. The van der Waals surface area contributed by atoms with Crippen molar-refractivity contribution < 1.29 is 4.74 Å². The Kier molecular flexibility index (Phi) is 4.50. The minimum absolute atomic E-state index is 0.444. The van der Waals surface area contributed by atoms with Crippen LogP contribution in [-0.2, 0) is 18.0 Å². The maximum atomic E-state index is 5.81. The predicted molar refractivity (Wildman–Crippen MR) is 71.5 cm³/mol. The highest BCUT2D eigenvalue weighted by atomic mass is 35.5. The van der Waals surface area contributed by atoms with Crippen molar-refractivity contribution in [1.29, 1.82) is 0 Å². The third-order valence-electron chi connectivity index (χ3n) is 2.39. The van der Waals surface area contributed by atoms with Gasteiger partial charge in [0.05, 0.1) is 31.3 Å². The first kappa shape index (κ1) is 12.8. The van der Waals surface area contributed by atoms with Gasteiger partial charge in [-0.15, -0.1) is 0 Å². The third-order valence-corrected chi connectivity index (χ3v) is 2.65. The van der Waals surface area contributed by atoms with Crippen molar-refractivity contribution in [2.24, 2.45) is 0 Å². The van der Waals surface area contributed by atoms with E-state index in [0.717, 1.165) is 22.1 Å². The molecule has 0 amide bonds. The zero-order valence-corrected chi connectivity index (χ0v) is 10.8. The highest BCUT2D eigenvalue weighted by Gasteiger charge is 1.98. The van der Waals surface area contributed by atoms with Gasteiger partial charge >= 0.3 is 0 Å². The summed E-state index contributed by atoms with van der Waals surface area (Å²) in [6.45, 7) is 0.978. The standard InChI is InChI=1S/C13H14ClN3O/c1-15-13-7-16-12(6-17-13)9-18-8-10-2-4-11(14)5-3-10/h2-7H,8-9H2,1H3,(H,15,17). The van der Waals surface area contributed by atoms with Crippen molar-refractivity contribution >= 4 is 17.4 Å². The number of anilines is 1. The molecule has 0 unspecified atom stereocenters. The van der Waals surface area contributed by atoms with E-state index in [-0.39, 0.29) is 0 Å². The smallest absolute Gasteiger partial charge is 0.144 e. The first-order chi connectivity index (χ1) is 8.78. The van der Waals surface area contributed by atoms with Gasteiger partial charge in [-0.05, 0) is 17.7 Å². The number of rotatable bonds is 5. The number of hydrogen-bond acceptors (Lipinski definition) is 4. The Morgan fingerprint density at radius 2 is 1.89 bits per heavy atom. The Morgan fingerprint density at radius 3 is 2.50 bits per heavy atom. The molecule has 0 saturated heterocycles. The molecule has 0 aliphatic rings. The average molecular weight is 264 g/mol. The van der Waals surface area contributed by atoms with Crippen LogP contribution in [0.1, 0.15) is 11.3 Å². The summed E-state index contributed by atoms with van der Waals surface area (Å²) in [5.41, 5.74) is 1.89. The van der Waals surface area contributed by atoms with Gasteiger partial charge in [-0.3, -0.25) is 4.98 Å². The summed E-state index contributed by atoms with van der Waals surface area (Å²) in [5, 5.41) is 3.64. The van der Waals surface area contributed by atoms with Crippen LogP contribution in [0, 0.1) is 0 Å². The highest BCUT2D eigenvalue weighted by molar-refractivity contribution is 6.30. The molecule has 0 atom stereocenters. The van der Waals surface area contributed by atoms with Gasteiger partial charge in [0.15, 0.2) is 0 Å². The molecular formula is C13H14ClN3O. The number of nitrogens with zero attached hydrogens (tertiary/aromatic N) is 2. The number of nitrogens with one attached hydrogen (secondary N) is 1. The van der Waals surface area contributed by atoms with Gasteiger partial charge < -0.3 is 10.1 Å². The van der Waals surface area contributed by atoms with Crippen LogP contribution in [0.15, 0.2) is 36.7 Å². The summed E-state index contributed by atoms with van der Waals surface area (Å²) in [6, 6.07) is 7.58. The highest BCUT2D eigenvalue weighted by Crippen LogP contribution is 2.11. The number of ether oxygens (including phenoxy) is 1. The van der Waals surface area contributed by atoms with Crippen LogP contribution < -0.4 is 5.32 Å². The Labute approximate surface area is 111 Å². The fourth-order valence-electron chi connectivity index (χ4n) is 1.41. The lowest BCUT2D eigenvalue weighted by Gasteiger charge is -2.04. The average Bonchev–Trinajstić information content (AvgIpc) is 2.42. The number of benzene rings is 1. The number of aromatic nitrogens is 2. The van der Waals surface area contributed by atoms with E-state index >= 15 is 0 Å². The van der Waals surface area contributed by atoms with Gasteiger partial charge in [0.1, 0.15) is 5.82 Å². The van der Waals surface area contributed by atoms with E-state index in [4.69, 9.17) is 16.3 Å². The summed E-state index contributed by atoms with van der Waals surface area (Å²) < 4.78 is 5.55. The van der Waals surface area contributed by atoms with Crippen LogP contribution in [0.3, 0.4) is 0 Å². The van der Waals surface area contributed by atoms with Gasteiger partial charge in [-0.2, -0.15) is 0 Å². The summed E-state index contributed by atoms with van der Waals surface area (Å²) in [6.07, 6.45) is 3.38. The molecule has 0 saturated carbocycles. The topological polar surface area (TPSA) is 47.0 Å². The van der Waals surface area contributed by atoms with E-state index in [1.165, 1.54) is 0 Å². The second-order valence-electron chi connectivity index (χ2n) is 3.76. The van der Waals surface area contributed by atoms with Gasteiger partial charge in [0.2, 0.25) is 0 Å². The van der Waals surface area contributed by atoms with E-state index < -0.39 is 0 Å². The van der Waals surface area contributed by atoms with Gasteiger partial charge in [0.25, 0.3) is 0 Å². The van der Waals surface area contributed by atoms with E-state index in [1.54, 1.807) is 19.4 Å². The molecule has 0 radical (unpaired) electrons. The maximum absolute atomic E-state index is 5.81. The van der Waals surface area contributed by atoms with Crippen LogP contribution in [-0.4, -0.2) is 17.0 Å². The molecule has 1 aromatic carbocycles. The summed E-state index contributed by atoms with van der Waals surface area (Å²) >= 11 is 5.81.